The van der Waals surface area contributed by atoms with Gasteiger partial charge in [0, 0.05) is 0 Å². The van der Waals surface area contributed by atoms with Crippen LogP contribution in [0.1, 0.15) is 18.1 Å². The van der Waals surface area contributed by atoms with Crippen molar-refractivity contribution in [1.82, 2.24) is 0 Å². The van der Waals surface area contributed by atoms with Gasteiger partial charge in [0.15, 0.2) is 0 Å². The molecule has 0 fully saturated rings. The molecule has 2 aromatic carbocycles. The summed E-state index contributed by atoms with van der Waals surface area (Å²) in [6.07, 6.45) is -0.896. The van der Waals surface area contributed by atoms with Gasteiger partial charge in [-0.05, 0) is 24.1 Å². The van der Waals surface area contributed by atoms with Crippen LogP contribution in [0.3, 0.4) is 0 Å². The lowest BCUT2D eigenvalue weighted by atomic mass is 9.82. The minimum atomic E-state index is -1.38. The van der Waals surface area contributed by atoms with Crippen LogP contribution >= 0.6 is 0 Å². The molecule has 2 rings (SSSR count). The molecule has 0 aliphatic heterocycles. The zero-order valence-corrected chi connectivity index (χ0v) is 9.67. The number of aliphatic hydroxyl groups excluding tert-OH is 1. The van der Waals surface area contributed by atoms with Gasteiger partial charge in [0.05, 0.1) is 6.10 Å². The van der Waals surface area contributed by atoms with Gasteiger partial charge >= 0.3 is 0 Å². The molecule has 2 nitrogen and oxygen atoms in total. The van der Waals surface area contributed by atoms with E-state index >= 15 is 0 Å². The van der Waals surface area contributed by atoms with Crippen molar-refractivity contribution in [3.63, 3.8) is 0 Å². The van der Waals surface area contributed by atoms with Crippen molar-refractivity contribution in [2.45, 2.75) is 18.6 Å². The summed E-state index contributed by atoms with van der Waals surface area (Å²) >= 11 is 0. The first-order chi connectivity index (χ1) is 8.15. The van der Waals surface area contributed by atoms with E-state index in [4.69, 9.17) is 0 Å². The van der Waals surface area contributed by atoms with Crippen LogP contribution in [0, 0.1) is 6.07 Å². The molecule has 0 amide bonds. The molecule has 0 heterocycles. The van der Waals surface area contributed by atoms with Crippen molar-refractivity contribution in [2.75, 3.05) is 0 Å². The Bertz CT molecular complexity index is 423. The molecule has 0 bridgehead atoms. The summed E-state index contributed by atoms with van der Waals surface area (Å²) < 4.78 is 0. The van der Waals surface area contributed by atoms with Crippen molar-refractivity contribution in [2.24, 2.45) is 0 Å². The van der Waals surface area contributed by atoms with Crippen molar-refractivity contribution in [3.8, 4) is 0 Å². The third-order valence-corrected chi connectivity index (χ3v) is 2.98. The van der Waals surface area contributed by atoms with Gasteiger partial charge in [-0.1, -0.05) is 54.6 Å². The van der Waals surface area contributed by atoms with Gasteiger partial charge in [-0.3, -0.25) is 0 Å². The van der Waals surface area contributed by atoms with Crippen LogP contribution in [0.25, 0.3) is 0 Å². The summed E-state index contributed by atoms with van der Waals surface area (Å²) in [4.78, 5) is 0. The highest BCUT2D eigenvalue weighted by molar-refractivity contribution is 5.36. The quantitative estimate of drug-likeness (QED) is 0.843. The predicted molar refractivity (Wildman–Crippen MR) is 66.4 cm³/mol. The Kier molecular flexibility index (Phi) is 3.27. The SMILES string of the molecule is CC(O)C(O)(c1cc[c]cc1)c1ccccc1. The van der Waals surface area contributed by atoms with E-state index in [1.165, 1.54) is 0 Å². The van der Waals surface area contributed by atoms with E-state index in [0.29, 0.717) is 11.1 Å². The number of benzene rings is 2. The Labute approximate surface area is 101 Å². The highest BCUT2D eigenvalue weighted by Gasteiger charge is 2.36. The largest absolute Gasteiger partial charge is 0.390 e. The van der Waals surface area contributed by atoms with E-state index in [1.807, 2.05) is 30.3 Å². The topological polar surface area (TPSA) is 40.5 Å². The predicted octanol–water partition coefficient (Wildman–Crippen LogP) is 2.10. The summed E-state index contributed by atoms with van der Waals surface area (Å²) in [7, 11) is 0. The molecule has 1 radical (unpaired) electrons. The zero-order valence-electron chi connectivity index (χ0n) is 9.67. The summed E-state index contributed by atoms with van der Waals surface area (Å²) in [6, 6.07) is 19.1. The molecule has 2 N–H and O–H groups in total. The Morgan fingerprint density at radius 3 is 2.06 bits per heavy atom. The smallest absolute Gasteiger partial charge is 0.140 e. The molecular weight excluding hydrogens is 212 g/mol. The molecule has 2 aromatic rings. The first kappa shape index (κ1) is 11.8. The number of hydrogen-bond acceptors (Lipinski definition) is 2. The fraction of sp³-hybridized carbons (Fsp3) is 0.200. The monoisotopic (exact) mass is 227 g/mol. The van der Waals surface area contributed by atoms with Crippen LogP contribution in [0.15, 0.2) is 54.6 Å². The van der Waals surface area contributed by atoms with Crippen molar-refractivity contribution < 1.29 is 10.2 Å². The van der Waals surface area contributed by atoms with Crippen LogP contribution < -0.4 is 0 Å². The van der Waals surface area contributed by atoms with Gasteiger partial charge in [0.1, 0.15) is 5.60 Å². The second-order valence-corrected chi connectivity index (χ2v) is 4.10. The fourth-order valence-electron chi connectivity index (χ4n) is 1.98. The van der Waals surface area contributed by atoms with E-state index in [-0.39, 0.29) is 0 Å². The van der Waals surface area contributed by atoms with E-state index in [9.17, 15) is 10.2 Å². The van der Waals surface area contributed by atoms with Crippen molar-refractivity contribution in [3.05, 3.63) is 71.8 Å². The maximum absolute atomic E-state index is 10.8. The summed E-state index contributed by atoms with van der Waals surface area (Å²) in [5.41, 5.74) is -0.0326. The van der Waals surface area contributed by atoms with Crippen molar-refractivity contribution in [1.29, 1.82) is 0 Å². The Balaban J connectivity index is 2.55. The molecular formula is C15H15O2. The maximum atomic E-state index is 10.8. The van der Waals surface area contributed by atoms with Crippen molar-refractivity contribution >= 4 is 0 Å². The maximum Gasteiger partial charge on any atom is 0.140 e. The lowest BCUT2D eigenvalue weighted by Crippen LogP contribution is -2.38. The molecule has 2 unspecified atom stereocenters. The highest BCUT2D eigenvalue weighted by Crippen LogP contribution is 2.32. The van der Waals surface area contributed by atoms with Gasteiger partial charge < -0.3 is 10.2 Å². The van der Waals surface area contributed by atoms with E-state index in [0.717, 1.165) is 0 Å². The Morgan fingerprint density at radius 1 is 1.00 bits per heavy atom. The van der Waals surface area contributed by atoms with Crippen LogP contribution in [0.5, 0.6) is 0 Å². The molecule has 0 saturated heterocycles. The molecule has 87 valence electrons. The highest BCUT2D eigenvalue weighted by atomic mass is 16.3. The van der Waals surface area contributed by atoms with Gasteiger partial charge in [0.25, 0.3) is 0 Å². The van der Waals surface area contributed by atoms with Crippen LogP contribution in [0.4, 0.5) is 0 Å². The summed E-state index contributed by atoms with van der Waals surface area (Å²) in [5.74, 6) is 0. The Hall–Kier alpha value is -1.64. The van der Waals surface area contributed by atoms with Gasteiger partial charge in [-0.25, -0.2) is 0 Å². The lowest BCUT2D eigenvalue weighted by Gasteiger charge is -2.32. The molecule has 2 atom stereocenters. The summed E-state index contributed by atoms with van der Waals surface area (Å²) in [5, 5.41) is 20.7. The molecule has 0 aromatic heterocycles. The third-order valence-electron chi connectivity index (χ3n) is 2.98. The standard InChI is InChI=1S/C15H15O2/c1-12(16)15(17,13-8-4-2-5-9-13)14-10-6-3-7-11-14/h2,4-12,16-17H,1H3. The Morgan fingerprint density at radius 2 is 1.53 bits per heavy atom. The van der Waals surface area contributed by atoms with Gasteiger partial charge in [-0.2, -0.15) is 0 Å². The normalized spacial score (nSPS) is 13.4. The van der Waals surface area contributed by atoms with E-state index in [2.05, 4.69) is 6.07 Å². The minimum absolute atomic E-state index is 0.664. The van der Waals surface area contributed by atoms with Crippen LogP contribution in [0.2, 0.25) is 0 Å². The van der Waals surface area contributed by atoms with Gasteiger partial charge in [-0.15, -0.1) is 0 Å². The fourth-order valence-corrected chi connectivity index (χ4v) is 1.98. The average molecular weight is 227 g/mol. The van der Waals surface area contributed by atoms with E-state index in [1.54, 1.807) is 31.2 Å². The van der Waals surface area contributed by atoms with Gasteiger partial charge in [0.2, 0.25) is 0 Å². The molecule has 0 saturated carbocycles. The lowest BCUT2D eigenvalue weighted by molar-refractivity contribution is -0.0394. The first-order valence-corrected chi connectivity index (χ1v) is 5.58. The average Bonchev–Trinajstić information content (AvgIpc) is 2.39. The molecule has 17 heavy (non-hydrogen) atoms. The second-order valence-electron chi connectivity index (χ2n) is 4.10. The van der Waals surface area contributed by atoms with Crippen LogP contribution in [-0.4, -0.2) is 16.3 Å². The second kappa shape index (κ2) is 4.70. The summed E-state index contributed by atoms with van der Waals surface area (Å²) in [6.45, 7) is 1.59. The molecule has 0 aliphatic rings. The third kappa shape index (κ3) is 2.09. The number of aliphatic hydroxyl groups is 2. The number of hydrogen-bond donors (Lipinski definition) is 2. The molecule has 0 spiro atoms. The molecule has 2 heteroatoms. The number of rotatable bonds is 3. The zero-order chi connectivity index (χ0) is 12.3. The molecule has 0 aliphatic carbocycles. The first-order valence-electron chi connectivity index (χ1n) is 5.58. The minimum Gasteiger partial charge on any atom is -0.390 e. The van der Waals surface area contributed by atoms with Crippen LogP contribution in [-0.2, 0) is 5.60 Å². The van der Waals surface area contributed by atoms with E-state index < -0.39 is 11.7 Å².